The summed E-state index contributed by atoms with van der Waals surface area (Å²) < 4.78 is 21.9. The molecule has 20 heavy (non-hydrogen) atoms. The van der Waals surface area contributed by atoms with Crippen LogP contribution in [0.1, 0.15) is 42.5 Å². The summed E-state index contributed by atoms with van der Waals surface area (Å²) in [7, 11) is -4.18. The van der Waals surface area contributed by atoms with Crippen molar-refractivity contribution in [1.82, 2.24) is 0 Å². The molecule has 0 spiro atoms. The van der Waals surface area contributed by atoms with Gasteiger partial charge in [0.1, 0.15) is 5.75 Å². The Kier molecular flexibility index (Phi) is 5.35. The molecule has 0 radical (unpaired) electrons. The molecular weight excluding hydrogens is 279 g/mol. The third kappa shape index (κ3) is 4.44. The van der Waals surface area contributed by atoms with Gasteiger partial charge in [-0.3, -0.25) is 14.2 Å². The fourth-order valence-electron chi connectivity index (χ4n) is 2.37. The van der Waals surface area contributed by atoms with Crippen LogP contribution < -0.4 is 4.52 Å². The minimum absolute atomic E-state index is 0.0666. The van der Waals surface area contributed by atoms with Gasteiger partial charge in [0.05, 0.1) is 12.2 Å². The molecule has 0 bridgehead atoms. The number of rotatable bonds is 6. The highest BCUT2D eigenvalue weighted by atomic mass is 31.2. The molecular formula is C14H19O5P. The van der Waals surface area contributed by atoms with Crippen molar-refractivity contribution >= 4 is 14.1 Å². The van der Waals surface area contributed by atoms with Crippen LogP contribution in [0.25, 0.3) is 0 Å². The predicted molar refractivity (Wildman–Crippen MR) is 74.8 cm³/mol. The molecule has 0 aromatic heterocycles. The Morgan fingerprint density at radius 1 is 1.25 bits per heavy atom. The standard InChI is InChI=1S/C14H19O5P/c15-10-13-8-4-5-9-14(13)19-20(16,17)18-11-12-6-2-1-3-7-12/h4-5,8-10,12H,1-3,6-7,11H2,(H,16,17). The number of carbonyl (C=O) groups excluding carboxylic acids is 1. The van der Waals surface area contributed by atoms with Crippen molar-refractivity contribution in [1.29, 1.82) is 0 Å². The third-order valence-corrected chi connectivity index (χ3v) is 4.36. The first-order valence-electron chi connectivity index (χ1n) is 6.82. The van der Waals surface area contributed by atoms with Crippen molar-refractivity contribution in [3.8, 4) is 5.75 Å². The topological polar surface area (TPSA) is 72.8 Å². The molecule has 0 amide bonds. The second kappa shape index (κ2) is 7.02. The van der Waals surface area contributed by atoms with E-state index in [0.717, 1.165) is 25.7 Å². The molecule has 1 aliphatic carbocycles. The first kappa shape index (κ1) is 15.2. The average molecular weight is 298 g/mol. The maximum absolute atomic E-state index is 11.9. The zero-order valence-electron chi connectivity index (χ0n) is 11.2. The summed E-state index contributed by atoms with van der Waals surface area (Å²) in [5, 5.41) is 0. The van der Waals surface area contributed by atoms with E-state index in [1.54, 1.807) is 12.1 Å². The molecule has 5 nitrogen and oxygen atoms in total. The van der Waals surface area contributed by atoms with E-state index < -0.39 is 7.82 Å². The summed E-state index contributed by atoms with van der Waals surface area (Å²) in [6, 6.07) is 6.27. The lowest BCUT2D eigenvalue weighted by atomic mass is 9.90. The first-order valence-corrected chi connectivity index (χ1v) is 8.31. The zero-order chi connectivity index (χ0) is 14.4. The van der Waals surface area contributed by atoms with Crippen LogP contribution in [0.15, 0.2) is 24.3 Å². The van der Waals surface area contributed by atoms with Crippen LogP contribution >= 0.6 is 7.82 Å². The van der Waals surface area contributed by atoms with Crippen molar-refractivity contribution in [2.75, 3.05) is 6.61 Å². The molecule has 1 aromatic rings. The van der Waals surface area contributed by atoms with Crippen LogP contribution in [0.3, 0.4) is 0 Å². The van der Waals surface area contributed by atoms with Gasteiger partial charge >= 0.3 is 7.82 Å². The van der Waals surface area contributed by atoms with Crippen LogP contribution in [0.2, 0.25) is 0 Å². The van der Waals surface area contributed by atoms with Crippen LogP contribution in [0, 0.1) is 5.92 Å². The Bertz CT molecular complexity index is 496. The SMILES string of the molecule is O=Cc1ccccc1OP(=O)(O)OCC1CCCCC1. The normalized spacial score (nSPS) is 19.2. The van der Waals surface area contributed by atoms with E-state index in [-0.39, 0.29) is 17.9 Å². The minimum Gasteiger partial charge on any atom is -0.403 e. The zero-order valence-corrected chi connectivity index (χ0v) is 12.1. The molecule has 1 aliphatic rings. The van der Waals surface area contributed by atoms with E-state index in [0.29, 0.717) is 12.2 Å². The summed E-state index contributed by atoms with van der Waals surface area (Å²) in [5.74, 6) is 0.381. The number of para-hydroxylation sites is 1. The van der Waals surface area contributed by atoms with E-state index in [2.05, 4.69) is 0 Å². The highest BCUT2D eigenvalue weighted by Crippen LogP contribution is 2.45. The first-order chi connectivity index (χ1) is 9.61. The molecule has 1 atom stereocenters. The quantitative estimate of drug-likeness (QED) is 0.642. The second-order valence-corrected chi connectivity index (χ2v) is 6.39. The summed E-state index contributed by atoms with van der Waals surface area (Å²) in [6.45, 7) is 0.219. The van der Waals surface area contributed by atoms with E-state index >= 15 is 0 Å². The van der Waals surface area contributed by atoms with Crippen LogP contribution in [0.4, 0.5) is 0 Å². The molecule has 2 rings (SSSR count). The fourth-order valence-corrected chi connectivity index (χ4v) is 3.23. The van der Waals surface area contributed by atoms with Crippen molar-refractivity contribution < 1.29 is 23.3 Å². The summed E-state index contributed by atoms with van der Waals surface area (Å²) in [6.07, 6.45) is 6.11. The number of hydrogen-bond donors (Lipinski definition) is 1. The lowest BCUT2D eigenvalue weighted by Gasteiger charge is -2.22. The number of benzene rings is 1. The highest BCUT2D eigenvalue weighted by molar-refractivity contribution is 7.47. The van der Waals surface area contributed by atoms with Gasteiger partial charge in [-0.25, -0.2) is 4.57 Å². The van der Waals surface area contributed by atoms with Gasteiger partial charge in [0.2, 0.25) is 0 Å². The molecule has 1 saturated carbocycles. The summed E-state index contributed by atoms with van der Waals surface area (Å²) >= 11 is 0. The van der Waals surface area contributed by atoms with Gasteiger partial charge in [-0.15, -0.1) is 0 Å². The third-order valence-electron chi connectivity index (χ3n) is 3.46. The average Bonchev–Trinajstić information content (AvgIpc) is 2.47. The summed E-state index contributed by atoms with van der Waals surface area (Å²) in [5.41, 5.74) is 0.225. The van der Waals surface area contributed by atoms with Crippen LogP contribution in [-0.2, 0) is 9.09 Å². The largest absolute Gasteiger partial charge is 0.527 e. The molecule has 1 aromatic carbocycles. The smallest absolute Gasteiger partial charge is 0.403 e. The van der Waals surface area contributed by atoms with E-state index in [9.17, 15) is 14.3 Å². The number of aldehydes is 1. The van der Waals surface area contributed by atoms with E-state index in [1.807, 2.05) is 0 Å². The van der Waals surface area contributed by atoms with Gasteiger partial charge in [-0.1, -0.05) is 31.4 Å². The van der Waals surface area contributed by atoms with Crippen molar-refractivity contribution in [2.24, 2.45) is 5.92 Å². The number of hydrogen-bond acceptors (Lipinski definition) is 4. The van der Waals surface area contributed by atoms with Crippen LogP contribution in [0.5, 0.6) is 5.75 Å². The maximum Gasteiger partial charge on any atom is 0.527 e. The molecule has 1 fully saturated rings. The molecule has 1 unspecified atom stereocenters. The molecule has 110 valence electrons. The Morgan fingerprint density at radius 2 is 1.95 bits per heavy atom. The van der Waals surface area contributed by atoms with Crippen LogP contribution in [-0.4, -0.2) is 17.8 Å². The van der Waals surface area contributed by atoms with Crippen molar-refractivity contribution in [2.45, 2.75) is 32.1 Å². The lowest BCUT2D eigenvalue weighted by Crippen LogP contribution is -2.13. The molecule has 6 heteroatoms. The molecule has 1 N–H and O–H groups in total. The van der Waals surface area contributed by atoms with E-state index in [1.165, 1.54) is 18.6 Å². The van der Waals surface area contributed by atoms with Gasteiger partial charge in [-0.05, 0) is 30.9 Å². The minimum atomic E-state index is -4.18. The maximum atomic E-state index is 11.9. The van der Waals surface area contributed by atoms with E-state index in [4.69, 9.17) is 9.05 Å². The van der Waals surface area contributed by atoms with Gasteiger partial charge in [0.15, 0.2) is 6.29 Å². The Balaban J connectivity index is 1.92. The number of phosphoric acid groups is 1. The Hall–Kier alpha value is -1.16. The lowest BCUT2D eigenvalue weighted by molar-refractivity contribution is 0.112. The fraction of sp³-hybridized carbons (Fsp3) is 0.500. The van der Waals surface area contributed by atoms with Gasteiger partial charge in [-0.2, -0.15) is 0 Å². The summed E-state index contributed by atoms with van der Waals surface area (Å²) in [4.78, 5) is 20.5. The highest BCUT2D eigenvalue weighted by Gasteiger charge is 2.26. The van der Waals surface area contributed by atoms with Gasteiger partial charge in [0, 0.05) is 0 Å². The molecule has 0 saturated heterocycles. The van der Waals surface area contributed by atoms with Crippen molar-refractivity contribution in [3.63, 3.8) is 0 Å². The van der Waals surface area contributed by atoms with Gasteiger partial charge in [0.25, 0.3) is 0 Å². The Morgan fingerprint density at radius 3 is 2.65 bits per heavy atom. The molecule has 0 heterocycles. The van der Waals surface area contributed by atoms with Gasteiger partial charge < -0.3 is 4.52 Å². The molecule has 0 aliphatic heterocycles. The monoisotopic (exact) mass is 298 g/mol. The predicted octanol–water partition coefficient (Wildman–Crippen LogP) is 3.58. The van der Waals surface area contributed by atoms with Crippen molar-refractivity contribution in [3.05, 3.63) is 29.8 Å². The number of carbonyl (C=O) groups is 1. The number of phosphoric ester groups is 1. The second-order valence-electron chi connectivity index (χ2n) is 5.02. The Labute approximate surface area is 118 Å².